The first-order chi connectivity index (χ1) is 14.8. The molecule has 1 N–H and O–H groups in total. The van der Waals surface area contributed by atoms with Crippen molar-refractivity contribution in [1.82, 2.24) is 14.8 Å². The number of carbonyl (C=O) groups is 1. The molecule has 0 fully saturated rings. The molecule has 1 amide bonds. The Hall–Kier alpha value is -3.73. The quantitative estimate of drug-likeness (QED) is 0.467. The van der Waals surface area contributed by atoms with Gasteiger partial charge in [-0.3, -0.25) is 4.79 Å². The van der Waals surface area contributed by atoms with Crippen LogP contribution in [0.5, 0.6) is 0 Å². The summed E-state index contributed by atoms with van der Waals surface area (Å²) in [6.07, 6.45) is 0. The van der Waals surface area contributed by atoms with E-state index in [4.69, 9.17) is 0 Å². The van der Waals surface area contributed by atoms with Gasteiger partial charge >= 0.3 is 0 Å². The van der Waals surface area contributed by atoms with Crippen LogP contribution in [0, 0.1) is 34.6 Å². The first-order valence-corrected chi connectivity index (χ1v) is 10.3. The maximum Gasteiger partial charge on any atom is 0.295 e. The van der Waals surface area contributed by atoms with Crippen LogP contribution in [0.1, 0.15) is 38.4 Å². The van der Waals surface area contributed by atoms with E-state index in [-0.39, 0.29) is 11.7 Å². The van der Waals surface area contributed by atoms with Gasteiger partial charge in [-0.1, -0.05) is 42.0 Å². The Morgan fingerprint density at radius 2 is 1.42 bits per heavy atom. The monoisotopic (exact) mass is 410 g/mol. The number of aryl methyl sites for hydroxylation is 5. The number of anilines is 1. The molecule has 0 unspecified atom stereocenters. The van der Waals surface area contributed by atoms with Gasteiger partial charge in [0.2, 0.25) is 5.82 Å². The van der Waals surface area contributed by atoms with Crippen LogP contribution in [0.15, 0.2) is 60.7 Å². The van der Waals surface area contributed by atoms with Crippen LogP contribution in [-0.2, 0) is 0 Å². The molecular formula is C26H26N4O. The van der Waals surface area contributed by atoms with Gasteiger partial charge in [0.05, 0.1) is 5.69 Å². The van der Waals surface area contributed by atoms with Gasteiger partial charge in [-0.05, 0) is 81.1 Å². The topological polar surface area (TPSA) is 59.8 Å². The predicted molar refractivity (Wildman–Crippen MR) is 125 cm³/mol. The molecule has 4 rings (SSSR count). The highest BCUT2D eigenvalue weighted by Crippen LogP contribution is 2.24. The Labute approximate surface area is 182 Å². The number of amides is 1. The number of benzene rings is 3. The van der Waals surface area contributed by atoms with E-state index in [2.05, 4.69) is 41.4 Å². The van der Waals surface area contributed by atoms with Gasteiger partial charge in [0.1, 0.15) is 0 Å². The number of nitrogens with one attached hydrogen (secondary N) is 1. The van der Waals surface area contributed by atoms with Crippen molar-refractivity contribution >= 4 is 11.6 Å². The fourth-order valence-corrected chi connectivity index (χ4v) is 3.34. The summed E-state index contributed by atoms with van der Waals surface area (Å²) in [7, 11) is 0. The molecule has 0 radical (unpaired) electrons. The second-order valence-electron chi connectivity index (χ2n) is 8.06. The van der Waals surface area contributed by atoms with E-state index in [9.17, 15) is 4.79 Å². The summed E-state index contributed by atoms with van der Waals surface area (Å²) >= 11 is 0. The molecule has 5 heteroatoms. The van der Waals surface area contributed by atoms with Crippen LogP contribution in [-0.4, -0.2) is 20.7 Å². The van der Waals surface area contributed by atoms with E-state index in [1.54, 1.807) is 4.68 Å². The first kappa shape index (κ1) is 20.5. The molecule has 0 atom stereocenters. The largest absolute Gasteiger partial charge is 0.319 e. The molecular weight excluding hydrogens is 384 g/mol. The third-order valence-electron chi connectivity index (χ3n) is 5.62. The molecule has 0 aliphatic carbocycles. The molecule has 5 nitrogen and oxygen atoms in total. The Morgan fingerprint density at radius 3 is 2.06 bits per heavy atom. The first-order valence-electron chi connectivity index (χ1n) is 10.3. The van der Waals surface area contributed by atoms with Crippen molar-refractivity contribution in [3.63, 3.8) is 0 Å². The Morgan fingerprint density at radius 1 is 0.774 bits per heavy atom. The number of nitrogens with zero attached hydrogens (tertiary/aromatic N) is 3. The van der Waals surface area contributed by atoms with Gasteiger partial charge in [-0.15, -0.1) is 5.10 Å². The van der Waals surface area contributed by atoms with Crippen LogP contribution in [0.25, 0.3) is 17.1 Å². The fourth-order valence-electron chi connectivity index (χ4n) is 3.34. The SMILES string of the molecule is Cc1ccc(-c2nc(C(=O)Nc3ccc(C)c(C)c3)nn2-c2ccc(C)c(C)c2)cc1. The summed E-state index contributed by atoms with van der Waals surface area (Å²) in [6.45, 7) is 10.2. The molecule has 1 heterocycles. The maximum absolute atomic E-state index is 13.0. The van der Waals surface area contributed by atoms with E-state index in [0.29, 0.717) is 5.82 Å². The lowest BCUT2D eigenvalue weighted by Crippen LogP contribution is -2.14. The molecule has 0 spiro atoms. The number of aromatic nitrogens is 3. The smallest absolute Gasteiger partial charge is 0.295 e. The zero-order valence-corrected chi connectivity index (χ0v) is 18.5. The minimum Gasteiger partial charge on any atom is -0.319 e. The second-order valence-corrected chi connectivity index (χ2v) is 8.06. The molecule has 3 aromatic carbocycles. The summed E-state index contributed by atoms with van der Waals surface area (Å²) in [6, 6.07) is 20.0. The zero-order valence-electron chi connectivity index (χ0n) is 18.5. The second kappa shape index (κ2) is 8.19. The molecule has 31 heavy (non-hydrogen) atoms. The van der Waals surface area contributed by atoms with E-state index < -0.39 is 0 Å². The minimum atomic E-state index is -0.334. The average molecular weight is 411 g/mol. The Kier molecular flexibility index (Phi) is 5.42. The summed E-state index contributed by atoms with van der Waals surface area (Å²) in [5.41, 5.74) is 8.32. The summed E-state index contributed by atoms with van der Waals surface area (Å²) < 4.78 is 1.74. The Balaban J connectivity index is 1.76. The van der Waals surface area contributed by atoms with E-state index >= 15 is 0 Å². The van der Waals surface area contributed by atoms with Crippen LogP contribution < -0.4 is 5.32 Å². The third-order valence-corrected chi connectivity index (χ3v) is 5.62. The summed E-state index contributed by atoms with van der Waals surface area (Å²) in [5.74, 6) is 0.430. The van der Waals surface area contributed by atoms with Gasteiger partial charge in [-0.2, -0.15) is 0 Å². The van der Waals surface area contributed by atoms with Crippen LogP contribution in [0.4, 0.5) is 5.69 Å². The lowest BCUT2D eigenvalue weighted by Gasteiger charge is -2.08. The number of carbonyl (C=O) groups excluding carboxylic acids is 1. The van der Waals surface area contributed by atoms with E-state index in [1.165, 1.54) is 11.1 Å². The van der Waals surface area contributed by atoms with E-state index in [0.717, 1.165) is 33.6 Å². The van der Waals surface area contributed by atoms with Gasteiger partial charge in [-0.25, -0.2) is 9.67 Å². The van der Waals surface area contributed by atoms with Crippen LogP contribution in [0.3, 0.4) is 0 Å². The summed E-state index contributed by atoms with van der Waals surface area (Å²) in [5, 5.41) is 7.50. The number of hydrogen-bond donors (Lipinski definition) is 1. The number of hydrogen-bond acceptors (Lipinski definition) is 3. The molecule has 1 aromatic heterocycles. The van der Waals surface area contributed by atoms with Crippen molar-refractivity contribution < 1.29 is 4.79 Å². The van der Waals surface area contributed by atoms with Crippen LogP contribution in [0.2, 0.25) is 0 Å². The van der Waals surface area contributed by atoms with Gasteiger partial charge in [0.25, 0.3) is 5.91 Å². The molecule has 0 aliphatic heterocycles. The lowest BCUT2D eigenvalue weighted by atomic mass is 10.1. The van der Waals surface area contributed by atoms with Gasteiger partial charge < -0.3 is 5.32 Å². The average Bonchev–Trinajstić information content (AvgIpc) is 3.19. The highest BCUT2D eigenvalue weighted by molar-refractivity contribution is 6.01. The standard InChI is InChI=1S/C26H26N4O/c1-16-6-10-21(11-7-16)25-28-24(26(31)27-22-12-8-17(2)19(4)14-22)29-30(25)23-13-9-18(3)20(5)15-23/h6-15H,1-5H3,(H,27,31). The highest BCUT2D eigenvalue weighted by Gasteiger charge is 2.19. The number of rotatable bonds is 4. The fraction of sp³-hybridized carbons (Fsp3) is 0.192. The molecule has 156 valence electrons. The van der Waals surface area contributed by atoms with Gasteiger partial charge in [0, 0.05) is 11.3 Å². The normalized spacial score (nSPS) is 10.9. The van der Waals surface area contributed by atoms with Crippen molar-refractivity contribution in [1.29, 1.82) is 0 Å². The van der Waals surface area contributed by atoms with Crippen molar-refractivity contribution in [2.24, 2.45) is 0 Å². The molecule has 0 saturated heterocycles. The third kappa shape index (κ3) is 4.26. The van der Waals surface area contributed by atoms with E-state index in [1.807, 2.05) is 69.3 Å². The maximum atomic E-state index is 13.0. The molecule has 0 saturated carbocycles. The Bertz CT molecular complexity index is 1270. The molecule has 0 bridgehead atoms. The lowest BCUT2D eigenvalue weighted by molar-refractivity contribution is 0.101. The van der Waals surface area contributed by atoms with Crippen LogP contribution >= 0.6 is 0 Å². The molecule has 4 aromatic rings. The zero-order chi connectivity index (χ0) is 22.1. The summed E-state index contributed by atoms with van der Waals surface area (Å²) in [4.78, 5) is 17.6. The van der Waals surface area contributed by atoms with Crippen molar-refractivity contribution in [2.45, 2.75) is 34.6 Å². The predicted octanol–water partition coefficient (Wildman–Crippen LogP) is 5.73. The van der Waals surface area contributed by atoms with Crippen molar-refractivity contribution in [3.05, 3.63) is 94.3 Å². The highest BCUT2D eigenvalue weighted by atomic mass is 16.2. The van der Waals surface area contributed by atoms with Crippen molar-refractivity contribution in [3.8, 4) is 17.1 Å². The van der Waals surface area contributed by atoms with Gasteiger partial charge in [0.15, 0.2) is 5.82 Å². The van der Waals surface area contributed by atoms with Crippen molar-refractivity contribution in [2.75, 3.05) is 5.32 Å². The minimum absolute atomic E-state index is 0.132. The molecule has 0 aliphatic rings.